The third-order valence-electron chi connectivity index (χ3n) is 1.29. The molecule has 0 spiro atoms. The Labute approximate surface area is 78.8 Å². The van der Waals surface area contributed by atoms with Crippen molar-refractivity contribution < 1.29 is 19.4 Å². The van der Waals surface area contributed by atoms with E-state index in [4.69, 9.17) is 9.84 Å². The molecule has 0 saturated heterocycles. The highest BCUT2D eigenvalue weighted by Crippen LogP contribution is 2.29. The van der Waals surface area contributed by atoms with Crippen LogP contribution in [0.5, 0.6) is 5.06 Å². The van der Waals surface area contributed by atoms with E-state index in [-0.39, 0.29) is 10.6 Å². The normalized spacial score (nSPS) is 9.69. The molecule has 1 heterocycles. The summed E-state index contributed by atoms with van der Waals surface area (Å²) < 4.78 is 4.73. The average molecular weight is 200 g/mol. The zero-order chi connectivity index (χ0) is 10.0. The number of aryl methyl sites for hydroxylation is 1. The van der Waals surface area contributed by atoms with Gasteiger partial charge in [0.25, 0.3) is 0 Å². The van der Waals surface area contributed by atoms with Crippen LogP contribution in [0.2, 0.25) is 0 Å². The van der Waals surface area contributed by atoms with E-state index in [1.807, 2.05) is 0 Å². The summed E-state index contributed by atoms with van der Waals surface area (Å²) in [4.78, 5) is 22.0. The van der Waals surface area contributed by atoms with Crippen molar-refractivity contribution in [3.8, 4) is 5.06 Å². The van der Waals surface area contributed by atoms with Crippen molar-refractivity contribution in [2.75, 3.05) is 0 Å². The van der Waals surface area contributed by atoms with Crippen LogP contribution in [0, 0.1) is 6.92 Å². The summed E-state index contributed by atoms with van der Waals surface area (Å²) in [5, 5.41) is 8.86. The number of carboxylic acids is 1. The Balaban J connectivity index is 3.04. The molecule has 0 radical (unpaired) electrons. The van der Waals surface area contributed by atoms with Crippen LogP contribution in [0.15, 0.2) is 6.07 Å². The molecule has 13 heavy (non-hydrogen) atoms. The van der Waals surface area contributed by atoms with Crippen LogP contribution in [-0.4, -0.2) is 17.0 Å². The SMILES string of the molecule is CC(=O)Oc1sc(C)cc1C(=O)O. The zero-order valence-electron chi connectivity index (χ0n) is 7.16. The van der Waals surface area contributed by atoms with E-state index < -0.39 is 11.9 Å². The number of hydrogen-bond donors (Lipinski definition) is 1. The topological polar surface area (TPSA) is 63.6 Å². The van der Waals surface area contributed by atoms with Gasteiger partial charge in [0.2, 0.25) is 0 Å². The number of carbonyl (C=O) groups excluding carboxylic acids is 1. The van der Waals surface area contributed by atoms with Gasteiger partial charge in [0, 0.05) is 11.8 Å². The molecule has 0 aromatic carbocycles. The Morgan fingerprint density at radius 2 is 2.15 bits per heavy atom. The monoisotopic (exact) mass is 200 g/mol. The smallest absolute Gasteiger partial charge is 0.340 e. The lowest BCUT2D eigenvalue weighted by Gasteiger charge is -1.97. The van der Waals surface area contributed by atoms with Gasteiger partial charge in [-0.2, -0.15) is 0 Å². The number of rotatable bonds is 2. The van der Waals surface area contributed by atoms with Gasteiger partial charge in [-0.25, -0.2) is 4.79 Å². The molecule has 0 aliphatic rings. The lowest BCUT2D eigenvalue weighted by Crippen LogP contribution is -2.04. The summed E-state index contributed by atoms with van der Waals surface area (Å²) in [6.07, 6.45) is 0. The van der Waals surface area contributed by atoms with Crippen LogP contribution in [0.25, 0.3) is 0 Å². The minimum Gasteiger partial charge on any atom is -0.478 e. The van der Waals surface area contributed by atoms with Crippen molar-refractivity contribution in [2.24, 2.45) is 0 Å². The van der Waals surface area contributed by atoms with Crippen molar-refractivity contribution in [3.63, 3.8) is 0 Å². The molecule has 0 saturated carbocycles. The molecular weight excluding hydrogens is 192 g/mol. The van der Waals surface area contributed by atoms with Crippen LogP contribution >= 0.6 is 11.3 Å². The van der Waals surface area contributed by atoms with E-state index in [0.29, 0.717) is 0 Å². The molecular formula is C8H8O4S. The van der Waals surface area contributed by atoms with E-state index >= 15 is 0 Å². The lowest BCUT2D eigenvalue weighted by molar-refractivity contribution is -0.131. The van der Waals surface area contributed by atoms with E-state index in [2.05, 4.69) is 0 Å². The molecule has 1 rings (SSSR count). The maximum absolute atomic E-state index is 10.6. The first-order chi connectivity index (χ1) is 6.00. The molecule has 0 amide bonds. The number of carboxylic acid groups (broad SMARTS) is 1. The third-order valence-corrected chi connectivity index (χ3v) is 2.22. The summed E-state index contributed by atoms with van der Waals surface area (Å²) >= 11 is 1.15. The lowest BCUT2D eigenvalue weighted by atomic mass is 10.3. The van der Waals surface area contributed by atoms with Gasteiger partial charge < -0.3 is 9.84 Å². The van der Waals surface area contributed by atoms with Crippen LogP contribution in [0.4, 0.5) is 0 Å². The van der Waals surface area contributed by atoms with Gasteiger partial charge in [0.05, 0.1) is 0 Å². The number of esters is 1. The number of aromatic carboxylic acids is 1. The van der Waals surface area contributed by atoms with Gasteiger partial charge in [0.15, 0.2) is 5.06 Å². The molecule has 0 aliphatic carbocycles. The van der Waals surface area contributed by atoms with Gasteiger partial charge in [-0.1, -0.05) is 0 Å². The van der Waals surface area contributed by atoms with Crippen molar-refractivity contribution >= 4 is 23.3 Å². The van der Waals surface area contributed by atoms with Crippen molar-refractivity contribution in [2.45, 2.75) is 13.8 Å². The Bertz CT molecular complexity index is 353. The highest BCUT2D eigenvalue weighted by molar-refractivity contribution is 7.14. The standard InChI is InChI=1S/C8H8O4S/c1-4-3-6(7(10)11)8(13-4)12-5(2)9/h3H,1-2H3,(H,10,11). The van der Waals surface area contributed by atoms with Gasteiger partial charge in [-0.3, -0.25) is 4.79 Å². The van der Waals surface area contributed by atoms with Crippen LogP contribution < -0.4 is 4.74 Å². The molecule has 5 heteroatoms. The summed E-state index contributed by atoms with van der Waals surface area (Å²) in [6.45, 7) is 2.99. The first kappa shape index (κ1) is 9.73. The Kier molecular flexibility index (Phi) is 2.67. The van der Waals surface area contributed by atoms with E-state index in [9.17, 15) is 9.59 Å². The Morgan fingerprint density at radius 3 is 2.62 bits per heavy atom. The quantitative estimate of drug-likeness (QED) is 0.738. The van der Waals surface area contributed by atoms with Crippen LogP contribution in [-0.2, 0) is 4.79 Å². The fourth-order valence-electron chi connectivity index (χ4n) is 0.848. The second-order valence-corrected chi connectivity index (χ2v) is 3.68. The predicted molar refractivity (Wildman–Crippen MR) is 47.3 cm³/mol. The number of thiophene rings is 1. The van der Waals surface area contributed by atoms with Gasteiger partial charge in [-0.05, 0) is 13.0 Å². The fraction of sp³-hybridized carbons (Fsp3) is 0.250. The predicted octanol–water partition coefficient (Wildman–Crippen LogP) is 1.68. The zero-order valence-corrected chi connectivity index (χ0v) is 7.97. The minimum absolute atomic E-state index is 0.0395. The molecule has 0 aliphatic heterocycles. The summed E-state index contributed by atoms with van der Waals surface area (Å²) in [6, 6.07) is 1.48. The fourth-order valence-corrected chi connectivity index (χ4v) is 1.73. The highest BCUT2D eigenvalue weighted by Gasteiger charge is 2.16. The molecule has 4 nitrogen and oxygen atoms in total. The molecule has 1 N–H and O–H groups in total. The largest absolute Gasteiger partial charge is 0.478 e. The summed E-state index contributed by atoms with van der Waals surface area (Å²) in [7, 11) is 0. The van der Waals surface area contributed by atoms with Gasteiger partial charge in [0.1, 0.15) is 5.56 Å². The molecule has 0 bridgehead atoms. The Morgan fingerprint density at radius 1 is 1.54 bits per heavy atom. The van der Waals surface area contributed by atoms with Crippen molar-refractivity contribution in [1.82, 2.24) is 0 Å². The molecule has 0 fully saturated rings. The minimum atomic E-state index is -1.08. The summed E-state index contributed by atoms with van der Waals surface area (Å²) in [5.41, 5.74) is 0.0395. The van der Waals surface area contributed by atoms with Crippen molar-refractivity contribution in [3.05, 3.63) is 16.5 Å². The highest BCUT2D eigenvalue weighted by atomic mass is 32.1. The second kappa shape index (κ2) is 3.57. The van der Waals surface area contributed by atoms with E-state index in [1.54, 1.807) is 6.92 Å². The van der Waals surface area contributed by atoms with E-state index in [0.717, 1.165) is 16.2 Å². The van der Waals surface area contributed by atoms with Crippen molar-refractivity contribution in [1.29, 1.82) is 0 Å². The van der Waals surface area contributed by atoms with Gasteiger partial charge >= 0.3 is 11.9 Å². The maximum atomic E-state index is 10.6. The van der Waals surface area contributed by atoms with Crippen LogP contribution in [0.1, 0.15) is 22.2 Å². The second-order valence-electron chi connectivity index (χ2n) is 2.46. The Hall–Kier alpha value is -1.36. The van der Waals surface area contributed by atoms with E-state index in [1.165, 1.54) is 13.0 Å². The number of ether oxygens (including phenoxy) is 1. The maximum Gasteiger partial charge on any atom is 0.340 e. The molecule has 0 atom stereocenters. The van der Waals surface area contributed by atoms with Crippen LogP contribution in [0.3, 0.4) is 0 Å². The molecule has 1 aromatic heterocycles. The summed E-state index contributed by atoms with van der Waals surface area (Å²) in [5.74, 6) is -1.59. The number of carbonyl (C=O) groups is 2. The molecule has 70 valence electrons. The number of hydrogen-bond acceptors (Lipinski definition) is 4. The first-order valence-electron chi connectivity index (χ1n) is 3.53. The first-order valence-corrected chi connectivity index (χ1v) is 4.34. The van der Waals surface area contributed by atoms with Gasteiger partial charge in [-0.15, -0.1) is 11.3 Å². The average Bonchev–Trinajstić information content (AvgIpc) is 2.29. The molecule has 0 unspecified atom stereocenters. The molecule has 1 aromatic rings. The third kappa shape index (κ3) is 2.29.